The van der Waals surface area contributed by atoms with Crippen molar-refractivity contribution in [2.24, 2.45) is 10.9 Å². The molecule has 150 valence electrons. The fraction of sp³-hybridized carbons (Fsp3) is 0.889. The molecule has 0 aromatic rings. The Bertz CT molecular complexity index is 359. The number of nitrogens with zero attached hydrogens (tertiary/aromatic N) is 2. The highest BCUT2D eigenvalue weighted by Crippen LogP contribution is 1.99. The van der Waals surface area contributed by atoms with E-state index in [-0.39, 0.29) is 35.8 Å². The number of hydrogen-bond donors (Lipinski definition) is 3. The van der Waals surface area contributed by atoms with Crippen LogP contribution < -0.4 is 16.0 Å². The van der Waals surface area contributed by atoms with Gasteiger partial charge in [-0.3, -0.25) is 9.79 Å². The summed E-state index contributed by atoms with van der Waals surface area (Å²) in [5.41, 5.74) is 0. The van der Waals surface area contributed by atoms with Crippen molar-refractivity contribution in [1.29, 1.82) is 0 Å². The molecule has 0 aromatic heterocycles. The SMILES string of the molecule is CCNC(=NCCNC(=O)C(C)C)NC(C)CCCN(CC)CC.I. The Hall–Kier alpha value is -0.570. The quantitative estimate of drug-likeness (QED) is 0.178. The van der Waals surface area contributed by atoms with E-state index < -0.39 is 0 Å². The Labute approximate surface area is 172 Å². The predicted octanol–water partition coefficient (Wildman–Crippen LogP) is 2.44. The molecule has 0 radical (unpaired) electrons. The van der Waals surface area contributed by atoms with Crippen molar-refractivity contribution in [2.45, 2.75) is 60.4 Å². The van der Waals surface area contributed by atoms with Gasteiger partial charge in [0.25, 0.3) is 0 Å². The van der Waals surface area contributed by atoms with Crippen LogP contribution in [0.3, 0.4) is 0 Å². The van der Waals surface area contributed by atoms with Crippen molar-refractivity contribution < 1.29 is 4.79 Å². The minimum Gasteiger partial charge on any atom is -0.357 e. The molecular weight excluding hydrogens is 429 g/mol. The van der Waals surface area contributed by atoms with Gasteiger partial charge in [-0.25, -0.2) is 0 Å². The average Bonchev–Trinajstić information content (AvgIpc) is 2.55. The van der Waals surface area contributed by atoms with Crippen molar-refractivity contribution >= 4 is 35.8 Å². The molecule has 7 heteroatoms. The standard InChI is InChI=1S/C18H39N5O.HI/c1-7-19-18(21-13-12-20-17(24)15(4)5)22-16(6)11-10-14-23(8-2)9-3;/h15-16H,7-14H2,1-6H3,(H,20,24)(H2,19,21,22);1H. The first-order valence-electron chi connectivity index (χ1n) is 9.49. The highest BCUT2D eigenvalue weighted by Gasteiger charge is 2.07. The van der Waals surface area contributed by atoms with Gasteiger partial charge in [0.2, 0.25) is 5.91 Å². The summed E-state index contributed by atoms with van der Waals surface area (Å²) >= 11 is 0. The van der Waals surface area contributed by atoms with Gasteiger partial charge in [0, 0.05) is 25.0 Å². The van der Waals surface area contributed by atoms with Crippen LogP contribution >= 0.6 is 24.0 Å². The molecule has 0 aliphatic carbocycles. The van der Waals surface area contributed by atoms with Crippen LogP contribution in [0.2, 0.25) is 0 Å². The maximum Gasteiger partial charge on any atom is 0.222 e. The van der Waals surface area contributed by atoms with Gasteiger partial charge >= 0.3 is 0 Å². The van der Waals surface area contributed by atoms with Crippen molar-refractivity contribution in [3.05, 3.63) is 0 Å². The predicted molar refractivity (Wildman–Crippen MR) is 119 cm³/mol. The van der Waals surface area contributed by atoms with E-state index in [2.05, 4.69) is 53.5 Å². The zero-order valence-electron chi connectivity index (χ0n) is 17.0. The number of aliphatic imine (C=N–C) groups is 1. The Balaban J connectivity index is 0. The van der Waals surface area contributed by atoms with Gasteiger partial charge in [-0.15, -0.1) is 24.0 Å². The van der Waals surface area contributed by atoms with Gasteiger partial charge in [-0.05, 0) is 46.3 Å². The second kappa shape index (κ2) is 16.9. The molecule has 0 saturated heterocycles. The van der Waals surface area contributed by atoms with E-state index in [9.17, 15) is 4.79 Å². The first kappa shape index (κ1) is 26.7. The zero-order chi connectivity index (χ0) is 18.4. The van der Waals surface area contributed by atoms with Gasteiger partial charge in [0.05, 0.1) is 6.54 Å². The molecule has 0 fully saturated rings. The highest BCUT2D eigenvalue weighted by molar-refractivity contribution is 14.0. The highest BCUT2D eigenvalue weighted by atomic mass is 127. The minimum absolute atomic E-state index is 0. The first-order chi connectivity index (χ1) is 11.4. The molecule has 0 bridgehead atoms. The number of hydrogen-bond acceptors (Lipinski definition) is 3. The maximum atomic E-state index is 11.5. The fourth-order valence-electron chi connectivity index (χ4n) is 2.34. The van der Waals surface area contributed by atoms with Crippen LogP contribution in [-0.2, 0) is 4.79 Å². The third-order valence-corrected chi connectivity index (χ3v) is 3.94. The smallest absolute Gasteiger partial charge is 0.222 e. The van der Waals surface area contributed by atoms with Gasteiger partial charge in [-0.1, -0.05) is 27.7 Å². The Kier molecular flexibility index (Phi) is 18.0. The number of rotatable bonds is 12. The normalized spacial score (nSPS) is 12.7. The lowest BCUT2D eigenvalue weighted by Gasteiger charge is -2.21. The summed E-state index contributed by atoms with van der Waals surface area (Å²) in [7, 11) is 0. The maximum absolute atomic E-state index is 11.5. The zero-order valence-corrected chi connectivity index (χ0v) is 19.4. The molecular formula is C18H40IN5O. The number of carbonyl (C=O) groups is 1. The summed E-state index contributed by atoms with van der Waals surface area (Å²) in [5, 5.41) is 9.59. The summed E-state index contributed by atoms with van der Waals surface area (Å²) < 4.78 is 0. The summed E-state index contributed by atoms with van der Waals surface area (Å²) in [6.07, 6.45) is 2.30. The molecule has 1 unspecified atom stereocenters. The van der Waals surface area contributed by atoms with Crippen LogP contribution in [-0.4, -0.2) is 62.1 Å². The van der Waals surface area contributed by atoms with E-state index in [0.29, 0.717) is 19.1 Å². The van der Waals surface area contributed by atoms with E-state index in [1.807, 2.05) is 13.8 Å². The monoisotopic (exact) mass is 469 g/mol. The molecule has 0 aliphatic rings. The van der Waals surface area contributed by atoms with E-state index in [4.69, 9.17) is 0 Å². The average molecular weight is 469 g/mol. The van der Waals surface area contributed by atoms with E-state index in [0.717, 1.165) is 38.6 Å². The van der Waals surface area contributed by atoms with Crippen molar-refractivity contribution in [1.82, 2.24) is 20.9 Å². The lowest BCUT2D eigenvalue weighted by molar-refractivity contribution is -0.123. The third kappa shape index (κ3) is 14.3. The second-order valence-electron chi connectivity index (χ2n) is 6.42. The molecule has 1 amide bonds. The first-order valence-corrected chi connectivity index (χ1v) is 9.49. The number of halogens is 1. The van der Waals surface area contributed by atoms with Crippen LogP contribution in [0.25, 0.3) is 0 Å². The third-order valence-electron chi connectivity index (χ3n) is 3.94. The number of amides is 1. The molecule has 0 aliphatic heterocycles. The van der Waals surface area contributed by atoms with Gasteiger partial charge in [0.15, 0.2) is 5.96 Å². The lowest BCUT2D eigenvalue weighted by Crippen LogP contribution is -2.43. The van der Waals surface area contributed by atoms with Crippen LogP contribution in [0.15, 0.2) is 4.99 Å². The summed E-state index contributed by atoms with van der Waals surface area (Å²) in [6.45, 7) is 17.8. The molecule has 25 heavy (non-hydrogen) atoms. The summed E-state index contributed by atoms with van der Waals surface area (Å²) in [6, 6.07) is 0.378. The number of carbonyl (C=O) groups excluding carboxylic acids is 1. The van der Waals surface area contributed by atoms with Crippen LogP contribution in [0, 0.1) is 5.92 Å². The molecule has 0 aromatic carbocycles. The Morgan fingerprint density at radius 2 is 1.72 bits per heavy atom. The largest absolute Gasteiger partial charge is 0.357 e. The molecule has 0 rings (SSSR count). The molecule has 0 saturated carbocycles. The van der Waals surface area contributed by atoms with Crippen molar-refractivity contribution in [3.8, 4) is 0 Å². The summed E-state index contributed by atoms with van der Waals surface area (Å²) in [5.74, 6) is 0.922. The summed E-state index contributed by atoms with van der Waals surface area (Å²) in [4.78, 5) is 18.5. The molecule has 1 atom stereocenters. The van der Waals surface area contributed by atoms with Crippen LogP contribution in [0.5, 0.6) is 0 Å². The Morgan fingerprint density at radius 1 is 1.08 bits per heavy atom. The molecule has 0 heterocycles. The molecule has 6 nitrogen and oxygen atoms in total. The van der Waals surface area contributed by atoms with Gasteiger partial charge in [-0.2, -0.15) is 0 Å². The number of nitrogens with one attached hydrogen (secondary N) is 3. The minimum atomic E-state index is 0. The van der Waals surface area contributed by atoms with Crippen LogP contribution in [0.4, 0.5) is 0 Å². The van der Waals surface area contributed by atoms with Crippen molar-refractivity contribution in [2.75, 3.05) is 39.3 Å². The Morgan fingerprint density at radius 3 is 2.24 bits per heavy atom. The van der Waals surface area contributed by atoms with Crippen molar-refractivity contribution in [3.63, 3.8) is 0 Å². The second-order valence-corrected chi connectivity index (χ2v) is 6.42. The van der Waals surface area contributed by atoms with E-state index in [1.54, 1.807) is 0 Å². The van der Waals surface area contributed by atoms with Crippen LogP contribution in [0.1, 0.15) is 54.4 Å². The topological polar surface area (TPSA) is 68.8 Å². The molecule has 3 N–H and O–H groups in total. The number of guanidine groups is 1. The van der Waals surface area contributed by atoms with Gasteiger partial charge < -0.3 is 20.9 Å². The van der Waals surface area contributed by atoms with E-state index in [1.165, 1.54) is 6.42 Å². The molecule has 0 spiro atoms. The van der Waals surface area contributed by atoms with E-state index >= 15 is 0 Å². The lowest BCUT2D eigenvalue weighted by atomic mass is 10.2. The van der Waals surface area contributed by atoms with Gasteiger partial charge in [0.1, 0.15) is 0 Å². The fourth-order valence-corrected chi connectivity index (χ4v) is 2.34.